The van der Waals surface area contributed by atoms with Crippen molar-refractivity contribution in [1.82, 2.24) is 5.32 Å². The molecule has 112 valence electrons. The average Bonchev–Trinajstić information content (AvgIpc) is 2.80. The molecule has 1 heterocycles. The lowest BCUT2D eigenvalue weighted by Crippen LogP contribution is -2.23. The zero-order valence-electron chi connectivity index (χ0n) is 12.1. The summed E-state index contributed by atoms with van der Waals surface area (Å²) in [4.78, 5) is 25.2. The van der Waals surface area contributed by atoms with Gasteiger partial charge in [0.15, 0.2) is 0 Å². The lowest BCUT2D eigenvalue weighted by atomic mass is 10.1. The fraction of sp³-hybridized carbons (Fsp3) is 0.176. The van der Waals surface area contributed by atoms with Crippen LogP contribution in [0.3, 0.4) is 0 Å². The molecule has 2 aromatic carbocycles. The fourth-order valence-corrected chi connectivity index (χ4v) is 2.56. The first-order chi connectivity index (χ1) is 10.6. The summed E-state index contributed by atoms with van der Waals surface area (Å²) in [7, 11) is 1.74. The first-order valence-corrected chi connectivity index (χ1v) is 6.97. The molecule has 5 heteroatoms. The van der Waals surface area contributed by atoms with Crippen molar-refractivity contribution in [3.8, 4) is 0 Å². The summed E-state index contributed by atoms with van der Waals surface area (Å²) < 4.78 is 13.5. The molecule has 0 saturated carbocycles. The van der Waals surface area contributed by atoms with Crippen molar-refractivity contribution in [3.05, 3.63) is 65.0 Å². The number of nitrogens with zero attached hydrogens (tertiary/aromatic N) is 1. The molecule has 4 nitrogen and oxygen atoms in total. The number of halogens is 1. The SMILES string of the molecule is CN1C(=O)Cc2cc(CNC(=O)c3ccccc3F)ccc21. The summed E-state index contributed by atoms with van der Waals surface area (Å²) in [6, 6.07) is 11.5. The Bertz CT molecular complexity index is 758. The highest BCUT2D eigenvalue weighted by atomic mass is 19.1. The molecule has 0 fully saturated rings. The van der Waals surface area contributed by atoms with Crippen molar-refractivity contribution in [3.63, 3.8) is 0 Å². The van der Waals surface area contributed by atoms with Crippen LogP contribution in [0.2, 0.25) is 0 Å². The Hall–Kier alpha value is -2.69. The highest BCUT2D eigenvalue weighted by Gasteiger charge is 2.23. The Morgan fingerprint density at radius 1 is 1.27 bits per heavy atom. The number of fused-ring (bicyclic) bond motifs is 1. The Kier molecular flexibility index (Phi) is 3.63. The van der Waals surface area contributed by atoms with Gasteiger partial charge in [-0.2, -0.15) is 0 Å². The second-order valence-electron chi connectivity index (χ2n) is 5.26. The smallest absolute Gasteiger partial charge is 0.254 e. The third-order valence-electron chi connectivity index (χ3n) is 3.79. The van der Waals surface area contributed by atoms with E-state index in [9.17, 15) is 14.0 Å². The number of hydrogen-bond acceptors (Lipinski definition) is 2. The minimum absolute atomic E-state index is 0.0265. The van der Waals surface area contributed by atoms with Crippen LogP contribution in [0.4, 0.5) is 10.1 Å². The van der Waals surface area contributed by atoms with Crippen LogP contribution in [0, 0.1) is 5.82 Å². The molecule has 2 aromatic rings. The van der Waals surface area contributed by atoms with Gasteiger partial charge in [0.1, 0.15) is 5.82 Å². The Morgan fingerprint density at radius 3 is 2.82 bits per heavy atom. The maximum absolute atomic E-state index is 13.5. The summed E-state index contributed by atoms with van der Waals surface area (Å²) in [6.45, 7) is 0.290. The molecule has 0 radical (unpaired) electrons. The van der Waals surface area contributed by atoms with Gasteiger partial charge in [-0.3, -0.25) is 9.59 Å². The normalized spacial score (nSPS) is 13.2. The van der Waals surface area contributed by atoms with Gasteiger partial charge in [0.2, 0.25) is 5.91 Å². The van der Waals surface area contributed by atoms with Crippen LogP contribution in [0.15, 0.2) is 42.5 Å². The van der Waals surface area contributed by atoms with E-state index in [2.05, 4.69) is 5.32 Å². The van der Waals surface area contributed by atoms with E-state index in [1.54, 1.807) is 24.1 Å². The quantitative estimate of drug-likeness (QED) is 0.945. The topological polar surface area (TPSA) is 49.4 Å². The van der Waals surface area contributed by atoms with Crippen molar-refractivity contribution in [2.24, 2.45) is 0 Å². The van der Waals surface area contributed by atoms with Gasteiger partial charge in [-0.15, -0.1) is 0 Å². The minimum Gasteiger partial charge on any atom is -0.348 e. The molecule has 2 amide bonds. The van der Waals surface area contributed by atoms with E-state index in [-0.39, 0.29) is 11.5 Å². The number of amides is 2. The van der Waals surface area contributed by atoms with Gasteiger partial charge in [0.05, 0.1) is 12.0 Å². The number of rotatable bonds is 3. The largest absolute Gasteiger partial charge is 0.348 e. The number of nitrogens with one attached hydrogen (secondary N) is 1. The molecular weight excluding hydrogens is 283 g/mol. The summed E-state index contributed by atoms with van der Waals surface area (Å²) in [6.07, 6.45) is 0.376. The molecule has 3 rings (SSSR count). The number of benzene rings is 2. The van der Waals surface area contributed by atoms with E-state index in [0.717, 1.165) is 16.8 Å². The molecule has 1 N–H and O–H groups in total. The third kappa shape index (κ3) is 2.57. The van der Waals surface area contributed by atoms with E-state index >= 15 is 0 Å². The van der Waals surface area contributed by atoms with E-state index in [4.69, 9.17) is 0 Å². The molecule has 1 aliphatic rings. The molecule has 0 bridgehead atoms. The van der Waals surface area contributed by atoms with Crippen molar-refractivity contribution in [1.29, 1.82) is 0 Å². The van der Waals surface area contributed by atoms with E-state index in [1.807, 2.05) is 18.2 Å². The monoisotopic (exact) mass is 298 g/mol. The van der Waals surface area contributed by atoms with Gasteiger partial charge < -0.3 is 10.2 Å². The van der Waals surface area contributed by atoms with Gasteiger partial charge in [-0.05, 0) is 29.3 Å². The van der Waals surface area contributed by atoms with Crippen molar-refractivity contribution in [2.75, 3.05) is 11.9 Å². The summed E-state index contributed by atoms with van der Waals surface area (Å²) in [5.74, 6) is -0.935. The number of carbonyl (C=O) groups excluding carboxylic acids is 2. The van der Waals surface area contributed by atoms with Crippen molar-refractivity contribution in [2.45, 2.75) is 13.0 Å². The highest BCUT2D eigenvalue weighted by Crippen LogP contribution is 2.28. The maximum Gasteiger partial charge on any atom is 0.254 e. The Balaban J connectivity index is 1.71. The molecule has 0 spiro atoms. The molecule has 0 aromatic heterocycles. The number of hydrogen-bond donors (Lipinski definition) is 1. The average molecular weight is 298 g/mol. The summed E-state index contributed by atoms with van der Waals surface area (Å²) >= 11 is 0. The van der Waals surface area contributed by atoms with Gasteiger partial charge >= 0.3 is 0 Å². The second kappa shape index (κ2) is 5.60. The lowest BCUT2D eigenvalue weighted by Gasteiger charge is -2.11. The van der Waals surface area contributed by atoms with Crippen LogP contribution >= 0.6 is 0 Å². The van der Waals surface area contributed by atoms with E-state index < -0.39 is 11.7 Å². The summed E-state index contributed by atoms with van der Waals surface area (Å²) in [5.41, 5.74) is 2.75. The Labute approximate surface area is 127 Å². The first kappa shape index (κ1) is 14.3. The summed E-state index contributed by atoms with van der Waals surface area (Å²) in [5, 5.41) is 2.69. The lowest BCUT2D eigenvalue weighted by molar-refractivity contribution is -0.117. The van der Waals surface area contributed by atoms with Crippen LogP contribution in [-0.2, 0) is 17.8 Å². The standard InChI is InChI=1S/C17H15FN2O2/c1-20-15-7-6-11(8-12(15)9-16(20)21)10-19-17(22)13-4-2-3-5-14(13)18/h2-8H,9-10H2,1H3,(H,19,22). The van der Waals surface area contributed by atoms with Gasteiger partial charge in [-0.25, -0.2) is 4.39 Å². The van der Waals surface area contributed by atoms with Crippen LogP contribution < -0.4 is 10.2 Å². The van der Waals surface area contributed by atoms with Crippen LogP contribution in [0.25, 0.3) is 0 Å². The van der Waals surface area contributed by atoms with Crippen molar-refractivity contribution >= 4 is 17.5 Å². The number of carbonyl (C=O) groups is 2. The number of anilines is 1. The van der Waals surface area contributed by atoms with Crippen LogP contribution in [0.5, 0.6) is 0 Å². The zero-order chi connectivity index (χ0) is 15.7. The predicted octanol–water partition coefficient (Wildman–Crippen LogP) is 2.27. The molecule has 0 atom stereocenters. The molecule has 0 saturated heterocycles. The van der Waals surface area contributed by atoms with E-state index in [1.165, 1.54) is 12.1 Å². The molecule has 0 aliphatic carbocycles. The predicted molar refractivity (Wildman–Crippen MR) is 81.1 cm³/mol. The molecule has 1 aliphatic heterocycles. The molecule has 0 unspecified atom stereocenters. The maximum atomic E-state index is 13.5. The van der Waals surface area contributed by atoms with Gasteiger partial charge in [-0.1, -0.05) is 24.3 Å². The molecular formula is C17H15FN2O2. The zero-order valence-corrected chi connectivity index (χ0v) is 12.1. The van der Waals surface area contributed by atoms with Gasteiger partial charge in [0.25, 0.3) is 5.91 Å². The number of likely N-dealkylation sites (N-methyl/N-ethyl adjacent to an activating group) is 1. The fourth-order valence-electron chi connectivity index (χ4n) is 2.56. The van der Waals surface area contributed by atoms with Crippen LogP contribution in [0.1, 0.15) is 21.5 Å². The van der Waals surface area contributed by atoms with E-state index in [0.29, 0.717) is 13.0 Å². The molecule has 22 heavy (non-hydrogen) atoms. The van der Waals surface area contributed by atoms with Crippen molar-refractivity contribution < 1.29 is 14.0 Å². The van der Waals surface area contributed by atoms with Gasteiger partial charge in [0, 0.05) is 19.3 Å². The van der Waals surface area contributed by atoms with Crippen LogP contribution in [-0.4, -0.2) is 18.9 Å². The Morgan fingerprint density at radius 2 is 2.05 bits per heavy atom. The minimum atomic E-state index is -0.541. The highest BCUT2D eigenvalue weighted by molar-refractivity contribution is 6.01. The third-order valence-corrected chi connectivity index (χ3v) is 3.79. The first-order valence-electron chi connectivity index (χ1n) is 6.97. The second-order valence-corrected chi connectivity index (χ2v) is 5.26.